The number of amides is 1. The molecule has 7 heteroatoms. The lowest BCUT2D eigenvalue weighted by atomic mass is 10.1. The monoisotopic (exact) mass is 400 g/mol. The molecule has 1 amide bonds. The molecule has 140 valence electrons. The van der Waals surface area contributed by atoms with E-state index in [1.54, 1.807) is 41.8 Å². The molecule has 0 unspecified atom stereocenters. The van der Waals surface area contributed by atoms with Gasteiger partial charge in [0.1, 0.15) is 4.21 Å². The number of rotatable bonds is 6. The maximum atomic E-state index is 12.6. The van der Waals surface area contributed by atoms with Crippen molar-refractivity contribution in [2.24, 2.45) is 0 Å². The van der Waals surface area contributed by atoms with Crippen LogP contribution < -0.4 is 9.62 Å². The van der Waals surface area contributed by atoms with Crippen LogP contribution in [-0.4, -0.2) is 21.4 Å². The Morgan fingerprint density at radius 2 is 1.81 bits per heavy atom. The predicted octanol–water partition coefficient (Wildman–Crippen LogP) is 3.81. The van der Waals surface area contributed by atoms with Crippen LogP contribution in [0.25, 0.3) is 0 Å². The minimum absolute atomic E-state index is 0.202. The Bertz CT molecular complexity index is 1030. The van der Waals surface area contributed by atoms with Crippen LogP contribution in [0.4, 0.5) is 5.69 Å². The number of nitrogens with one attached hydrogen (secondary N) is 1. The van der Waals surface area contributed by atoms with Crippen molar-refractivity contribution in [3.8, 4) is 0 Å². The molecule has 1 aromatic heterocycles. The van der Waals surface area contributed by atoms with Gasteiger partial charge in [0.05, 0.1) is 5.69 Å². The zero-order valence-corrected chi connectivity index (χ0v) is 16.7. The minimum atomic E-state index is -3.58. The molecule has 0 aliphatic carbocycles. The summed E-state index contributed by atoms with van der Waals surface area (Å²) in [7, 11) is -2.08. The molecule has 0 bridgehead atoms. The maximum absolute atomic E-state index is 12.6. The number of benzene rings is 2. The summed E-state index contributed by atoms with van der Waals surface area (Å²) in [5.74, 6) is -0.202. The molecule has 2 aromatic carbocycles. The van der Waals surface area contributed by atoms with Gasteiger partial charge in [-0.25, -0.2) is 8.42 Å². The average Bonchev–Trinajstić information content (AvgIpc) is 3.21. The van der Waals surface area contributed by atoms with E-state index >= 15 is 0 Å². The van der Waals surface area contributed by atoms with Gasteiger partial charge in [0.15, 0.2) is 0 Å². The number of hydrogen-bond donors (Lipinski definition) is 1. The molecule has 0 saturated heterocycles. The van der Waals surface area contributed by atoms with Gasteiger partial charge in [-0.15, -0.1) is 11.3 Å². The van der Waals surface area contributed by atoms with Crippen LogP contribution in [0.3, 0.4) is 0 Å². The third kappa shape index (κ3) is 4.37. The number of anilines is 1. The normalized spacial score (nSPS) is 11.2. The number of carbonyl (C=O) groups excluding carboxylic acids is 1. The van der Waals surface area contributed by atoms with E-state index in [9.17, 15) is 13.2 Å². The van der Waals surface area contributed by atoms with Crippen molar-refractivity contribution >= 4 is 33.0 Å². The predicted molar refractivity (Wildman–Crippen MR) is 109 cm³/mol. The van der Waals surface area contributed by atoms with Crippen LogP contribution in [0.1, 0.15) is 21.5 Å². The fourth-order valence-corrected chi connectivity index (χ4v) is 4.97. The summed E-state index contributed by atoms with van der Waals surface area (Å²) in [5, 5.41) is 4.60. The van der Waals surface area contributed by atoms with Crippen molar-refractivity contribution in [1.29, 1.82) is 0 Å². The Labute approximate surface area is 163 Å². The van der Waals surface area contributed by atoms with Gasteiger partial charge in [-0.1, -0.05) is 35.9 Å². The van der Waals surface area contributed by atoms with Crippen LogP contribution in [-0.2, 0) is 16.6 Å². The summed E-state index contributed by atoms with van der Waals surface area (Å²) in [6.07, 6.45) is 0. The third-order valence-electron chi connectivity index (χ3n) is 4.14. The first-order valence-electron chi connectivity index (χ1n) is 8.34. The highest BCUT2D eigenvalue weighted by molar-refractivity contribution is 7.94. The second-order valence-electron chi connectivity index (χ2n) is 6.12. The maximum Gasteiger partial charge on any atom is 0.273 e. The van der Waals surface area contributed by atoms with Crippen LogP contribution in [0.15, 0.2) is 70.3 Å². The summed E-state index contributed by atoms with van der Waals surface area (Å²) < 4.78 is 26.6. The Morgan fingerprint density at radius 3 is 2.44 bits per heavy atom. The Balaban J connectivity index is 1.68. The number of thiophene rings is 1. The molecule has 3 aromatic rings. The average molecular weight is 401 g/mol. The number of nitrogens with zero attached hydrogens (tertiary/aromatic N) is 1. The van der Waals surface area contributed by atoms with Crippen molar-refractivity contribution in [2.45, 2.75) is 17.7 Å². The van der Waals surface area contributed by atoms with Gasteiger partial charge in [-0.05, 0) is 48.2 Å². The van der Waals surface area contributed by atoms with Crippen molar-refractivity contribution in [3.05, 3.63) is 82.7 Å². The number of aryl methyl sites for hydroxylation is 1. The highest BCUT2D eigenvalue weighted by atomic mass is 32.2. The lowest BCUT2D eigenvalue weighted by Crippen LogP contribution is -2.26. The highest BCUT2D eigenvalue weighted by Gasteiger charge is 2.22. The minimum Gasteiger partial charge on any atom is -0.348 e. The largest absolute Gasteiger partial charge is 0.348 e. The number of carbonyl (C=O) groups is 1. The van der Waals surface area contributed by atoms with Gasteiger partial charge in [0.2, 0.25) is 0 Å². The van der Waals surface area contributed by atoms with Gasteiger partial charge >= 0.3 is 0 Å². The van der Waals surface area contributed by atoms with Crippen LogP contribution >= 0.6 is 11.3 Å². The standard InChI is InChI=1S/C20H20N2O3S2/c1-15-5-3-6-16(13-15)14-21-20(23)17-8-10-18(11-9-17)22(2)27(24,25)19-7-4-12-26-19/h3-13H,14H2,1-2H3,(H,21,23). The summed E-state index contributed by atoms with van der Waals surface area (Å²) in [6.45, 7) is 2.44. The molecular formula is C20H20N2O3S2. The Kier molecular flexibility index (Phi) is 5.62. The molecule has 27 heavy (non-hydrogen) atoms. The van der Waals surface area contributed by atoms with Gasteiger partial charge in [0.25, 0.3) is 15.9 Å². The van der Waals surface area contributed by atoms with E-state index in [0.29, 0.717) is 17.8 Å². The van der Waals surface area contributed by atoms with Crippen molar-refractivity contribution in [1.82, 2.24) is 5.32 Å². The number of sulfonamides is 1. The van der Waals surface area contributed by atoms with Gasteiger partial charge in [-0.2, -0.15) is 0 Å². The van der Waals surface area contributed by atoms with Crippen molar-refractivity contribution in [2.75, 3.05) is 11.4 Å². The molecule has 0 spiro atoms. The first kappa shape index (κ1) is 19.1. The van der Waals surface area contributed by atoms with Crippen molar-refractivity contribution in [3.63, 3.8) is 0 Å². The summed E-state index contributed by atoms with van der Waals surface area (Å²) in [5.41, 5.74) is 3.15. The summed E-state index contributed by atoms with van der Waals surface area (Å²) in [4.78, 5) is 12.3. The van der Waals surface area contributed by atoms with E-state index in [2.05, 4.69) is 5.32 Å². The van der Waals surface area contributed by atoms with Crippen LogP contribution in [0.5, 0.6) is 0 Å². The van der Waals surface area contributed by atoms with Crippen LogP contribution in [0, 0.1) is 6.92 Å². The molecule has 0 atom stereocenters. The highest BCUT2D eigenvalue weighted by Crippen LogP contribution is 2.25. The second kappa shape index (κ2) is 7.94. The molecule has 5 nitrogen and oxygen atoms in total. The first-order chi connectivity index (χ1) is 12.9. The van der Waals surface area contributed by atoms with Crippen molar-refractivity contribution < 1.29 is 13.2 Å². The van der Waals surface area contributed by atoms with E-state index in [1.807, 2.05) is 31.2 Å². The zero-order chi connectivity index (χ0) is 19.4. The van der Waals surface area contributed by atoms with E-state index in [-0.39, 0.29) is 10.1 Å². The lowest BCUT2D eigenvalue weighted by molar-refractivity contribution is 0.0951. The molecule has 0 saturated carbocycles. The van der Waals surface area contributed by atoms with Gasteiger partial charge < -0.3 is 5.32 Å². The first-order valence-corrected chi connectivity index (χ1v) is 10.7. The van der Waals surface area contributed by atoms with E-state index < -0.39 is 10.0 Å². The van der Waals surface area contributed by atoms with Crippen LogP contribution in [0.2, 0.25) is 0 Å². The topological polar surface area (TPSA) is 66.5 Å². The zero-order valence-electron chi connectivity index (χ0n) is 15.0. The van der Waals surface area contributed by atoms with Gasteiger partial charge in [-0.3, -0.25) is 9.10 Å². The summed E-state index contributed by atoms with van der Waals surface area (Å²) in [6, 6.07) is 17.7. The third-order valence-corrected chi connectivity index (χ3v) is 7.30. The molecule has 3 rings (SSSR count). The molecule has 1 N–H and O–H groups in total. The fourth-order valence-electron chi connectivity index (χ4n) is 2.61. The quantitative estimate of drug-likeness (QED) is 0.684. The summed E-state index contributed by atoms with van der Waals surface area (Å²) >= 11 is 1.17. The fraction of sp³-hybridized carbons (Fsp3) is 0.150. The molecule has 1 heterocycles. The molecule has 0 aliphatic rings. The smallest absolute Gasteiger partial charge is 0.273 e. The Morgan fingerprint density at radius 1 is 1.07 bits per heavy atom. The van der Waals surface area contributed by atoms with E-state index in [1.165, 1.54) is 22.7 Å². The number of hydrogen-bond acceptors (Lipinski definition) is 4. The Hall–Kier alpha value is -2.64. The lowest BCUT2D eigenvalue weighted by Gasteiger charge is -2.18. The molecule has 0 radical (unpaired) electrons. The SMILES string of the molecule is Cc1cccc(CNC(=O)c2ccc(N(C)S(=O)(=O)c3cccs3)cc2)c1. The molecule has 0 fully saturated rings. The van der Waals surface area contributed by atoms with E-state index in [0.717, 1.165) is 11.1 Å². The second-order valence-corrected chi connectivity index (χ2v) is 9.27. The molecular weight excluding hydrogens is 380 g/mol. The molecule has 0 aliphatic heterocycles. The van der Waals surface area contributed by atoms with E-state index in [4.69, 9.17) is 0 Å². The van der Waals surface area contributed by atoms with Gasteiger partial charge in [0, 0.05) is 19.2 Å².